The number of carbonyl (C=O) groups excluding carboxylic acids is 2. The van der Waals surface area contributed by atoms with Crippen molar-refractivity contribution in [1.82, 2.24) is 0 Å². The lowest BCUT2D eigenvalue weighted by molar-refractivity contribution is 0.0423. The van der Waals surface area contributed by atoms with Crippen LogP contribution >= 0.6 is 0 Å². The van der Waals surface area contributed by atoms with Gasteiger partial charge in [-0.05, 0) is 18.9 Å². The zero-order chi connectivity index (χ0) is 18.3. The zero-order valence-corrected chi connectivity index (χ0v) is 15.7. The maximum Gasteiger partial charge on any atom is 0.375 e. The van der Waals surface area contributed by atoms with E-state index in [0.717, 1.165) is 38.5 Å². The van der Waals surface area contributed by atoms with Gasteiger partial charge in [0.05, 0.1) is 19.5 Å². The summed E-state index contributed by atoms with van der Waals surface area (Å²) in [6, 6.07) is 1.46. The molecule has 0 N–H and O–H groups in total. The number of hydrogen-bond acceptors (Lipinski definition) is 5. The van der Waals surface area contributed by atoms with Crippen LogP contribution in [-0.4, -0.2) is 25.2 Å². The van der Waals surface area contributed by atoms with E-state index in [2.05, 4.69) is 13.8 Å². The highest BCUT2D eigenvalue weighted by atomic mass is 16.5. The molecule has 0 amide bonds. The van der Waals surface area contributed by atoms with Crippen molar-refractivity contribution >= 4 is 11.9 Å². The minimum absolute atomic E-state index is 0.0652. The molecule has 1 rings (SSSR count). The summed E-state index contributed by atoms with van der Waals surface area (Å²) in [5.41, 5.74) is 0.143. The molecule has 1 heterocycles. The van der Waals surface area contributed by atoms with Gasteiger partial charge in [0.15, 0.2) is 0 Å². The summed E-state index contributed by atoms with van der Waals surface area (Å²) < 4.78 is 15.5. The Hall–Kier alpha value is -1.78. The molecule has 1 aromatic rings. The van der Waals surface area contributed by atoms with Crippen LogP contribution in [0.3, 0.4) is 0 Å². The number of ether oxygens (including phenoxy) is 2. The zero-order valence-electron chi connectivity index (χ0n) is 15.7. The first-order valence-corrected chi connectivity index (χ1v) is 9.62. The Bertz CT molecular complexity index is 450. The van der Waals surface area contributed by atoms with E-state index in [9.17, 15) is 9.59 Å². The summed E-state index contributed by atoms with van der Waals surface area (Å²) in [5, 5.41) is 0. The molecule has 0 unspecified atom stereocenters. The summed E-state index contributed by atoms with van der Waals surface area (Å²) in [4.78, 5) is 24.1. The van der Waals surface area contributed by atoms with Crippen LogP contribution in [0.5, 0.6) is 0 Å². The molecular formula is C20H32O5. The van der Waals surface area contributed by atoms with Crippen LogP contribution in [0.4, 0.5) is 0 Å². The molecule has 0 bridgehead atoms. The van der Waals surface area contributed by atoms with E-state index in [1.807, 2.05) is 0 Å². The smallest absolute Gasteiger partial charge is 0.375 e. The largest absolute Gasteiger partial charge is 0.462 e. The molecule has 0 aromatic carbocycles. The molecular weight excluding hydrogens is 320 g/mol. The van der Waals surface area contributed by atoms with Gasteiger partial charge in [0, 0.05) is 0 Å². The first kappa shape index (κ1) is 21.3. The van der Waals surface area contributed by atoms with E-state index in [1.165, 1.54) is 38.0 Å². The van der Waals surface area contributed by atoms with E-state index in [4.69, 9.17) is 13.9 Å². The highest BCUT2D eigenvalue weighted by Gasteiger charge is 2.23. The summed E-state index contributed by atoms with van der Waals surface area (Å²) in [7, 11) is 0. The average molecular weight is 352 g/mol. The van der Waals surface area contributed by atoms with Crippen LogP contribution in [0.1, 0.15) is 99.0 Å². The summed E-state index contributed by atoms with van der Waals surface area (Å²) in [6.45, 7) is 5.02. The van der Waals surface area contributed by atoms with Crippen molar-refractivity contribution in [2.45, 2.75) is 78.1 Å². The fourth-order valence-corrected chi connectivity index (χ4v) is 2.51. The van der Waals surface area contributed by atoms with E-state index >= 15 is 0 Å². The Labute approximate surface area is 151 Å². The van der Waals surface area contributed by atoms with Gasteiger partial charge in [-0.1, -0.05) is 65.2 Å². The van der Waals surface area contributed by atoms with Crippen molar-refractivity contribution in [2.24, 2.45) is 0 Å². The standard InChI is InChI=1S/C20H32O5/c1-3-5-7-9-11-14-24-19(21)17-13-16-23-18(17)20(22)25-15-12-10-8-6-4-2/h13,16H,3-12,14-15H2,1-2H3. The highest BCUT2D eigenvalue weighted by Crippen LogP contribution is 2.15. The number of furan rings is 1. The molecule has 0 saturated heterocycles. The molecule has 0 aliphatic carbocycles. The minimum Gasteiger partial charge on any atom is -0.462 e. The van der Waals surface area contributed by atoms with Crippen LogP contribution < -0.4 is 0 Å². The molecule has 0 aliphatic heterocycles. The van der Waals surface area contributed by atoms with Crippen molar-refractivity contribution in [3.63, 3.8) is 0 Å². The number of rotatable bonds is 14. The van der Waals surface area contributed by atoms with Crippen LogP contribution in [-0.2, 0) is 9.47 Å². The van der Waals surface area contributed by atoms with Crippen molar-refractivity contribution < 1.29 is 23.5 Å². The molecule has 5 nitrogen and oxygen atoms in total. The Balaban J connectivity index is 2.31. The summed E-state index contributed by atoms with van der Waals surface area (Å²) >= 11 is 0. The second kappa shape index (κ2) is 13.5. The van der Waals surface area contributed by atoms with Gasteiger partial charge >= 0.3 is 11.9 Å². The average Bonchev–Trinajstić information content (AvgIpc) is 3.10. The summed E-state index contributed by atoms with van der Waals surface area (Å²) in [5.74, 6) is -1.20. The highest BCUT2D eigenvalue weighted by molar-refractivity contribution is 6.01. The lowest BCUT2D eigenvalue weighted by Crippen LogP contribution is -2.13. The van der Waals surface area contributed by atoms with Gasteiger partial charge in [-0.15, -0.1) is 0 Å². The second-order valence-corrected chi connectivity index (χ2v) is 6.26. The normalized spacial score (nSPS) is 10.6. The molecule has 0 saturated carbocycles. The predicted molar refractivity (Wildman–Crippen MR) is 96.8 cm³/mol. The van der Waals surface area contributed by atoms with Gasteiger partial charge in [0.1, 0.15) is 5.56 Å². The fourth-order valence-electron chi connectivity index (χ4n) is 2.51. The topological polar surface area (TPSA) is 65.7 Å². The lowest BCUT2D eigenvalue weighted by atomic mass is 10.2. The van der Waals surface area contributed by atoms with Crippen LogP contribution in [0.15, 0.2) is 16.7 Å². The monoisotopic (exact) mass is 352 g/mol. The third-order valence-electron chi connectivity index (χ3n) is 4.03. The molecule has 0 aliphatic rings. The van der Waals surface area contributed by atoms with Crippen molar-refractivity contribution in [2.75, 3.05) is 13.2 Å². The van der Waals surface area contributed by atoms with Crippen molar-refractivity contribution in [3.8, 4) is 0 Å². The third-order valence-corrected chi connectivity index (χ3v) is 4.03. The Morgan fingerprint density at radius 3 is 1.88 bits per heavy atom. The summed E-state index contributed by atoms with van der Waals surface area (Å²) in [6.07, 6.45) is 12.1. The van der Waals surface area contributed by atoms with E-state index in [-0.39, 0.29) is 11.3 Å². The van der Waals surface area contributed by atoms with Gasteiger partial charge in [-0.25, -0.2) is 9.59 Å². The van der Waals surface area contributed by atoms with Gasteiger partial charge in [-0.2, -0.15) is 0 Å². The van der Waals surface area contributed by atoms with Gasteiger partial charge in [0.25, 0.3) is 0 Å². The molecule has 0 atom stereocenters. The molecule has 1 aromatic heterocycles. The Morgan fingerprint density at radius 1 is 0.800 bits per heavy atom. The number of hydrogen-bond donors (Lipinski definition) is 0. The predicted octanol–water partition coefficient (Wildman–Crippen LogP) is 5.53. The number of esters is 2. The molecule has 25 heavy (non-hydrogen) atoms. The maximum absolute atomic E-state index is 12.1. The van der Waals surface area contributed by atoms with Crippen molar-refractivity contribution in [1.29, 1.82) is 0 Å². The van der Waals surface area contributed by atoms with Crippen molar-refractivity contribution in [3.05, 3.63) is 23.7 Å². The van der Waals surface area contributed by atoms with Gasteiger partial charge in [-0.3, -0.25) is 0 Å². The molecule has 0 fully saturated rings. The van der Waals surface area contributed by atoms with Crippen LogP contribution in [0, 0.1) is 0 Å². The van der Waals surface area contributed by atoms with Crippen LogP contribution in [0.2, 0.25) is 0 Å². The lowest BCUT2D eigenvalue weighted by Gasteiger charge is -2.06. The Morgan fingerprint density at radius 2 is 1.32 bits per heavy atom. The van der Waals surface area contributed by atoms with Crippen LogP contribution in [0.25, 0.3) is 0 Å². The fraction of sp³-hybridized carbons (Fsp3) is 0.700. The quantitative estimate of drug-likeness (QED) is 0.325. The maximum atomic E-state index is 12.1. The van der Waals surface area contributed by atoms with Gasteiger partial charge in [0.2, 0.25) is 5.76 Å². The molecule has 0 radical (unpaired) electrons. The van der Waals surface area contributed by atoms with E-state index in [1.54, 1.807) is 0 Å². The molecule has 5 heteroatoms. The SMILES string of the molecule is CCCCCCCOC(=O)c1ccoc1C(=O)OCCCCCCC. The minimum atomic E-state index is -0.601. The third kappa shape index (κ3) is 8.75. The van der Waals surface area contributed by atoms with E-state index < -0.39 is 11.9 Å². The Kier molecular flexibility index (Phi) is 11.5. The molecule has 0 spiro atoms. The first-order chi connectivity index (χ1) is 12.2. The number of unbranched alkanes of at least 4 members (excludes halogenated alkanes) is 8. The first-order valence-electron chi connectivity index (χ1n) is 9.62. The van der Waals surface area contributed by atoms with E-state index in [0.29, 0.717) is 13.2 Å². The van der Waals surface area contributed by atoms with Gasteiger partial charge < -0.3 is 13.9 Å². The second-order valence-electron chi connectivity index (χ2n) is 6.26. The molecule has 142 valence electrons. The number of carbonyl (C=O) groups is 2.